The summed E-state index contributed by atoms with van der Waals surface area (Å²) >= 11 is 1.62. The van der Waals surface area contributed by atoms with E-state index in [0.29, 0.717) is 30.5 Å². The van der Waals surface area contributed by atoms with Crippen molar-refractivity contribution in [2.75, 3.05) is 13.1 Å². The van der Waals surface area contributed by atoms with Crippen molar-refractivity contribution in [1.29, 1.82) is 0 Å². The van der Waals surface area contributed by atoms with Gasteiger partial charge in [-0.05, 0) is 53.8 Å². The van der Waals surface area contributed by atoms with E-state index in [9.17, 15) is 33.6 Å². The number of carbonyl (C=O) groups excluding carboxylic acids is 8. The highest BCUT2D eigenvalue weighted by molar-refractivity contribution is 7.13. The van der Waals surface area contributed by atoms with E-state index >= 15 is 4.79 Å². The highest BCUT2D eigenvalue weighted by Gasteiger charge is 2.45. The number of ketones is 1. The van der Waals surface area contributed by atoms with Crippen LogP contribution in [-0.4, -0.2) is 115 Å². The van der Waals surface area contributed by atoms with Crippen molar-refractivity contribution >= 4 is 69.4 Å². The molecule has 21 heteroatoms. The van der Waals surface area contributed by atoms with Gasteiger partial charge >= 0.3 is 0 Å². The van der Waals surface area contributed by atoms with Crippen LogP contribution in [-0.2, 0) is 44.8 Å². The Labute approximate surface area is 408 Å². The second kappa shape index (κ2) is 22.9. The molecule has 2 fully saturated rings. The largest absolute Gasteiger partial charge is 0.370 e. The Bertz CT molecular complexity index is 2700. The molecule has 370 valence electrons. The number of nitrogens with one attached hydrogen (secondary N) is 5. The molecule has 2 saturated heterocycles. The van der Waals surface area contributed by atoms with Crippen LogP contribution in [0.2, 0.25) is 0 Å². The molecule has 20 nitrogen and oxygen atoms in total. The van der Waals surface area contributed by atoms with Crippen LogP contribution in [0.1, 0.15) is 76.8 Å². The Hall–Kier alpha value is -7.26. The summed E-state index contributed by atoms with van der Waals surface area (Å²) in [5.74, 6) is -7.27. The molecule has 2 aromatic carbocycles. The van der Waals surface area contributed by atoms with Gasteiger partial charge in [0, 0.05) is 65.8 Å². The lowest BCUT2D eigenvalue weighted by molar-refractivity contribution is -0.145. The third-order valence-corrected chi connectivity index (χ3v) is 14.2. The quantitative estimate of drug-likeness (QED) is 0.100. The zero-order valence-electron chi connectivity index (χ0n) is 39.1. The van der Waals surface area contributed by atoms with Gasteiger partial charge in [0.25, 0.3) is 0 Å². The Morgan fingerprint density at radius 1 is 0.871 bits per heavy atom. The Balaban J connectivity index is 1.24. The number of carbonyl (C=O) groups is 8. The molecule has 0 spiro atoms. The molecule has 7 rings (SSSR count). The third-order valence-electron chi connectivity index (χ3n) is 13.3. The molecule has 5 heterocycles. The first-order valence-corrected chi connectivity index (χ1v) is 24.4. The number of hydrogen-bond acceptors (Lipinski definition) is 12. The van der Waals surface area contributed by atoms with Crippen LogP contribution >= 0.6 is 11.3 Å². The summed E-state index contributed by atoms with van der Waals surface area (Å²) in [5, 5.41) is 22.5. The fourth-order valence-electron chi connectivity index (χ4n) is 9.07. The summed E-state index contributed by atoms with van der Waals surface area (Å²) in [5.41, 5.74) is 21.3. The number of benzene rings is 2. The van der Waals surface area contributed by atoms with Crippen LogP contribution in [0.4, 0.5) is 0 Å². The van der Waals surface area contributed by atoms with Crippen molar-refractivity contribution in [3.05, 3.63) is 84.0 Å². The molecule has 0 saturated carbocycles. The van der Waals surface area contributed by atoms with Crippen molar-refractivity contribution in [2.24, 2.45) is 29.0 Å². The van der Waals surface area contributed by atoms with E-state index < -0.39 is 114 Å². The molecule has 2 aliphatic rings. The number of fused-ring (bicyclic) bond motifs is 2. The molecule has 70 heavy (non-hydrogen) atoms. The van der Waals surface area contributed by atoms with Crippen LogP contribution in [0, 0.1) is 11.8 Å². The van der Waals surface area contributed by atoms with E-state index in [4.69, 9.17) is 17.2 Å². The molecule has 2 aliphatic heterocycles. The van der Waals surface area contributed by atoms with Gasteiger partial charge in [0.1, 0.15) is 23.8 Å². The van der Waals surface area contributed by atoms with E-state index in [2.05, 4.69) is 36.6 Å². The van der Waals surface area contributed by atoms with Gasteiger partial charge in [0.05, 0.1) is 37.2 Å². The van der Waals surface area contributed by atoms with Gasteiger partial charge in [-0.3, -0.25) is 38.4 Å². The van der Waals surface area contributed by atoms with Crippen LogP contribution < -0.4 is 38.5 Å². The number of aromatic amines is 1. The van der Waals surface area contributed by atoms with Gasteiger partial charge in [-0.2, -0.15) is 0 Å². The second-order valence-corrected chi connectivity index (χ2v) is 19.1. The SMILES string of the molecule is CC[C@H](C)[C@@H]1CC(=O)[C@H](CC(N)=O)NC(=O)[C@@H](N)CC(=O)NCCCC[C@@H](C(N)=O)NC(=O)[C@H](Cc2c[nH]c3ccccc23)NC(=O)[C@@H]2C[C@H](n3cc(-c4ccc(-c5cccs5)cc4)nn3)CN2C1=O. The topological polar surface area (TPSA) is 312 Å². The fourth-order valence-corrected chi connectivity index (χ4v) is 9.80. The number of amides is 7. The maximum absolute atomic E-state index is 15.2. The maximum atomic E-state index is 15.2. The normalized spacial score (nSPS) is 24.3. The van der Waals surface area contributed by atoms with Crippen molar-refractivity contribution in [3.8, 4) is 21.7 Å². The number of nitrogens with zero attached hydrogens (tertiary/aromatic N) is 4. The van der Waals surface area contributed by atoms with Crippen molar-refractivity contribution in [1.82, 2.24) is 46.1 Å². The molecule has 3 aromatic heterocycles. The minimum Gasteiger partial charge on any atom is -0.370 e. The van der Waals surface area contributed by atoms with E-state index in [1.165, 1.54) is 4.90 Å². The predicted octanol–water partition coefficient (Wildman–Crippen LogP) is 1.99. The maximum Gasteiger partial charge on any atom is 0.243 e. The lowest BCUT2D eigenvalue weighted by Crippen LogP contribution is -2.57. The second-order valence-electron chi connectivity index (χ2n) is 18.2. The van der Waals surface area contributed by atoms with Gasteiger partial charge in [-0.1, -0.05) is 74.0 Å². The number of H-pyrrole nitrogens is 1. The zero-order chi connectivity index (χ0) is 50.1. The van der Waals surface area contributed by atoms with Crippen LogP contribution in [0.15, 0.2) is 78.4 Å². The number of primary amides is 2. The first-order valence-electron chi connectivity index (χ1n) is 23.5. The minimum atomic E-state index is -1.47. The smallest absolute Gasteiger partial charge is 0.243 e. The molecule has 0 unspecified atom stereocenters. The van der Waals surface area contributed by atoms with Gasteiger partial charge in [0.15, 0.2) is 5.78 Å². The van der Waals surface area contributed by atoms with Gasteiger partial charge in [0.2, 0.25) is 41.4 Å². The molecule has 11 N–H and O–H groups in total. The fraction of sp³-hybridized carbons (Fsp3) is 0.429. The van der Waals surface area contributed by atoms with Gasteiger partial charge in [-0.25, -0.2) is 4.68 Å². The third kappa shape index (κ3) is 12.3. The summed E-state index contributed by atoms with van der Waals surface area (Å²) in [6, 6.07) is 12.2. The summed E-state index contributed by atoms with van der Waals surface area (Å²) in [4.78, 5) is 116. The molecule has 5 aromatic rings. The monoisotopic (exact) mass is 976 g/mol. The lowest BCUT2D eigenvalue weighted by Gasteiger charge is -2.32. The molecule has 7 amide bonds. The average Bonchev–Trinajstić information content (AvgIpc) is 4.19. The summed E-state index contributed by atoms with van der Waals surface area (Å²) in [6.45, 7) is 3.72. The van der Waals surface area contributed by atoms with Crippen LogP contribution in [0.25, 0.3) is 32.6 Å². The van der Waals surface area contributed by atoms with E-state index in [-0.39, 0.29) is 32.4 Å². The number of Topliss-reactive ketones (excluding diaryl/α,β-unsaturated/α-hetero) is 1. The van der Waals surface area contributed by atoms with E-state index in [1.54, 1.807) is 35.3 Å². The van der Waals surface area contributed by atoms with E-state index in [1.807, 2.05) is 73.0 Å². The highest BCUT2D eigenvalue weighted by atomic mass is 32.1. The van der Waals surface area contributed by atoms with Crippen LogP contribution in [0.5, 0.6) is 0 Å². The molecular formula is C49H60N12O8S. The van der Waals surface area contributed by atoms with Crippen molar-refractivity contribution in [3.63, 3.8) is 0 Å². The molecule has 0 bridgehead atoms. The summed E-state index contributed by atoms with van der Waals surface area (Å²) < 4.78 is 1.60. The van der Waals surface area contributed by atoms with E-state index in [0.717, 1.165) is 26.9 Å². The number of aromatic nitrogens is 4. The molecule has 8 atom stereocenters. The molecule has 0 radical (unpaired) electrons. The Kier molecular flexibility index (Phi) is 16.6. The Morgan fingerprint density at radius 2 is 1.61 bits per heavy atom. The first kappa shape index (κ1) is 50.6. The van der Waals surface area contributed by atoms with Gasteiger partial charge in [-0.15, -0.1) is 16.4 Å². The van der Waals surface area contributed by atoms with Crippen molar-refractivity contribution < 1.29 is 38.4 Å². The zero-order valence-corrected chi connectivity index (χ0v) is 39.9. The number of thiophene rings is 1. The van der Waals surface area contributed by atoms with Crippen LogP contribution in [0.3, 0.4) is 0 Å². The summed E-state index contributed by atoms with van der Waals surface area (Å²) in [6.07, 6.45) is 3.22. The molecule has 0 aliphatic carbocycles. The van der Waals surface area contributed by atoms with Gasteiger partial charge < -0.3 is 48.4 Å². The Morgan fingerprint density at radius 3 is 2.33 bits per heavy atom. The number of rotatable bonds is 10. The highest BCUT2D eigenvalue weighted by Crippen LogP contribution is 2.34. The number of nitrogens with two attached hydrogens (primary N) is 3. The average molecular weight is 977 g/mol. The first-order chi connectivity index (χ1) is 33.6. The summed E-state index contributed by atoms with van der Waals surface area (Å²) in [7, 11) is 0. The standard InChI is InChI=1S/C49H60N12O8S/c1-3-27(2)33-21-41(62)37(23-43(51)63)56-46(66)34(50)22-44(64)53-17-7-6-11-36(45(52)65)55-47(67)38(19-30-24-54-35-10-5-4-9-32(30)35)57-48(68)40-20-31(25-60(40)49(33)69)61-26-39(58-59-61)28-13-15-29(16-14-28)42-12-8-18-70-42/h4-5,8-10,12-16,18,24,26-27,31,33-34,36-38,40,54H,3,6-7,11,17,19-23,25,50H2,1-2H3,(H2,51,63)(H2,52,65)(H,53,64)(H,55,67)(H,56,66)(H,57,68)/t27-,31-,33-,34-,36-,37-,38-,40-/m0/s1. The number of para-hydroxylation sites is 1. The minimum absolute atomic E-state index is 0.0139. The predicted molar refractivity (Wildman–Crippen MR) is 261 cm³/mol. The number of hydrogen-bond donors (Lipinski definition) is 8. The molecular weight excluding hydrogens is 917 g/mol. The lowest BCUT2D eigenvalue weighted by atomic mass is 9.84. The van der Waals surface area contributed by atoms with Crippen molar-refractivity contribution in [2.45, 2.75) is 108 Å².